The fourth-order valence-electron chi connectivity index (χ4n) is 14.7. The van der Waals surface area contributed by atoms with Crippen molar-refractivity contribution in [2.45, 2.75) is 287 Å². The van der Waals surface area contributed by atoms with Crippen molar-refractivity contribution in [3.63, 3.8) is 0 Å². The zero-order valence-electron chi connectivity index (χ0n) is 33.2. The van der Waals surface area contributed by atoms with Gasteiger partial charge in [-0.15, -0.1) is 0 Å². The number of hydrogen-bond donors (Lipinski definition) is 0. The average molecular weight is 759 g/mol. The Morgan fingerprint density at radius 1 is 0.360 bits per heavy atom. The Balaban J connectivity index is 1.22. The molecular weight excluding hydrogens is 676 g/mol. The van der Waals surface area contributed by atoms with E-state index in [-0.39, 0.29) is 31.7 Å². The predicted molar refractivity (Wildman–Crippen MR) is 232 cm³/mol. The maximum absolute atomic E-state index is 2.87. The van der Waals surface area contributed by atoms with Crippen LogP contribution in [0.15, 0.2) is 0 Å². The highest BCUT2D eigenvalue weighted by molar-refractivity contribution is 7.94. The maximum Gasteiger partial charge on any atom is 0.0316 e. The fraction of sp³-hybridized carbons (Fsp3) is 1.00. The highest BCUT2D eigenvalue weighted by atomic mass is 31.2. The molecule has 286 valence electrons. The minimum atomic E-state index is 0.146. The molecule has 0 aliphatic heterocycles. The van der Waals surface area contributed by atoms with Gasteiger partial charge in [0.15, 0.2) is 0 Å². The molecule has 0 nitrogen and oxygen atoms in total. The first-order chi connectivity index (χ1) is 24.7. The van der Waals surface area contributed by atoms with Crippen LogP contribution in [0.2, 0.25) is 0 Å². The summed E-state index contributed by atoms with van der Waals surface area (Å²) in [5, 5.41) is 0. The van der Waals surface area contributed by atoms with E-state index in [2.05, 4.69) is 6.92 Å². The van der Waals surface area contributed by atoms with Gasteiger partial charge in [0.1, 0.15) is 0 Å². The van der Waals surface area contributed by atoms with E-state index in [9.17, 15) is 0 Å². The smallest absolute Gasteiger partial charge is 0.0316 e. The van der Waals surface area contributed by atoms with Gasteiger partial charge in [-0.25, -0.2) is 0 Å². The lowest BCUT2D eigenvalue weighted by molar-refractivity contribution is 0.644. The molecule has 1 atom stereocenters. The Morgan fingerprint density at radius 2 is 0.580 bits per heavy atom. The molecule has 0 spiro atoms. The molecule has 0 radical (unpaired) electrons. The summed E-state index contributed by atoms with van der Waals surface area (Å²) in [5.41, 5.74) is 10.5. The van der Waals surface area contributed by atoms with Crippen LogP contribution in [0.1, 0.15) is 232 Å². The zero-order valence-corrected chi connectivity index (χ0v) is 36.8. The molecule has 0 bridgehead atoms. The third-order valence-electron chi connectivity index (χ3n) is 16.7. The third-order valence-corrected chi connectivity index (χ3v) is 35.8. The van der Waals surface area contributed by atoms with E-state index in [1.807, 2.05) is 0 Å². The standard InChI is InChI=1S/C46H82P4/c1-37(47(38-20-2-3-21-38)39-22-4-5-23-39)19-18-36-46(48(40-24-6-7-25-40)41-26-8-9-27-41,49(42-28-10-11-29-42)43-30-12-13-31-43)50(44-32-14-15-33-44)45-34-16-17-35-45/h37-45H,2-36H2,1H3. The van der Waals surface area contributed by atoms with E-state index in [1.165, 1.54) is 34.0 Å². The van der Waals surface area contributed by atoms with Crippen LogP contribution >= 0.6 is 31.7 Å². The molecule has 8 fully saturated rings. The lowest BCUT2D eigenvalue weighted by Gasteiger charge is -2.62. The molecule has 0 saturated heterocycles. The molecule has 0 aromatic heterocycles. The Kier molecular flexibility index (Phi) is 14.5. The monoisotopic (exact) mass is 759 g/mol. The van der Waals surface area contributed by atoms with Crippen LogP contribution in [0, 0.1) is 0 Å². The molecule has 0 aromatic rings. The van der Waals surface area contributed by atoms with Crippen LogP contribution in [-0.2, 0) is 0 Å². The minimum Gasteiger partial charge on any atom is -0.0974 e. The Labute approximate surface area is 317 Å². The maximum atomic E-state index is 2.87. The number of rotatable bonds is 16. The molecular formula is C46H82P4. The minimum absolute atomic E-state index is 0.146. The molecule has 0 aromatic carbocycles. The van der Waals surface area contributed by atoms with E-state index < -0.39 is 0 Å². The van der Waals surface area contributed by atoms with Crippen molar-refractivity contribution in [2.75, 3.05) is 0 Å². The molecule has 8 rings (SSSR count). The van der Waals surface area contributed by atoms with Gasteiger partial charge in [0, 0.05) is 4.64 Å². The van der Waals surface area contributed by atoms with Crippen LogP contribution in [0.4, 0.5) is 0 Å². The van der Waals surface area contributed by atoms with E-state index in [0.717, 1.165) is 21.6 Å². The quantitative estimate of drug-likeness (QED) is 0.138. The SMILES string of the molecule is CC(CCCC(P(C1CCCC1)C1CCCC1)(P(C1CCCC1)C1CCCC1)P(C1CCCC1)C1CCCC1)P(C1CCCC1)C1CCCC1. The van der Waals surface area contributed by atoms with Crippen molar-refractivity contribution >= 4 is 31.7 Å². The second-order valence-corrected chi connectivity index (χ2v) is 33.1. The number of hydrogen-bond acceptors (Lipinski definition) is 0. The summed E-state index contributed by atoms with van der Waals surface area (Å²) >= 11 is 0. The molecule has 8 aliphatic carbocycles. The fourth-order valence-corrected chi connectivity index (χ4v) is 40.3. The summed E-state index contributed by atoms with van der Waals surface area (Å²) < 4.78 is 0.862. The van der Waals surface area contributed by atoms with Gasteiger partial charge in [-0.2, -0.15) is 0 Å². The van der Waals surface area contributed by atoms with Crippen molar-refractivity contribution < 1.29 is 0 Å². The summed E-state index contributed by atoms with van der Waals surface area (Å²) in [7, 11) is 0.684. The Morgan fingerprint density at radius 3 is 0.820 bits per heavy atom. The zero-order chi connectivity index (χ0) is 33.8. The summed E-state index contributed by atoms with van der Waals surface area (Å²) in [6, 6.07) is 0. The van der Waals surface area contributed by atoms with E-state index in [1.54, 1.807) is 225 Å². The summed E-state index contributed by atoms with van der Waals surface area (Å²) in [5.74, 6) is 0. The van der Waals surface area contributed by atoms with Crippen LogP contribution < -0.4 is 0 Å². The van der Waals surface area contributed by atoms with Gasteiger partial charge in [-0.3, -0.25) is 0 Å². The summed E-state index contributed by atoms with van der Waals surface area (Å²) in [6.07, 6.45) is 57.2. The van der Waals surface area contributed by atoms with Gasteiger partial charge in [-0.1, -0.05) is 148 Å². The van der Waals surface area contributed by atoms with Gasteiger partial charge in [0.05, 0.1) is 0 Å². The molecule has 4 heteroatoms. The molecule has 0 amide bonds. The third kappa shape index (κ3) is 8.37. The largest absolute Gasteiger partial charge is 0.0974 e. The van der Waals surface area contributed by atoms with Crippen molar-refractivity contribution in [3.05, 3.63) is 0 Å². The first-order valence-corrected chi connectivity index (χ1v) is 29.9. The lowest BCUT2D eigenvalue weighted by atomic mass is 10.2. The van der Waals surface area contributed by atoms with Crippen molar-refractivity contribution in [2.24, 2.45) is 0 Å². The van der Waals surface area contributed by atoms with Gasteiger partial charge < -0.3 is 0 Å². The van der Waals surface area contributed by atoms with Crippen molar-refractivity contribution in [1.82, 2.24) is 0 Å². The van der Waals surface area contributed by atoms with Crippen LogP contribution in [-0.4, -0.2) is 55.6 Å². The van der Waals surface area contributed by atoms with E-state index in [4.69, 9.17) is 0 Å². The van der Waals surface area contributed by atoms with Crippen molar-refractivity contribution in [3.8, 4) is 0 Å². The van der Waals surface area contributed by atoms with Gasteiger partial charge >= 0.3 is 0 Å². The van der Waals surface area contributed by atoms with Crippen LogP contribution in [0.3, 0.4) is 0 Å². The first kappa shape index (κ1) is 38.6. The predicted octanol–water partition coefficient (Wildman–Crippen LogP) is 16.7. The van der Waals surface area contributed by atoms with E-state index >= 15 is 0 Å². The normalized spacial score (nSPS) is 29.0. The molecule has 8 aliphatic rings. The first-order valence-electron chi connectivity index (χ1n) is 23.9. The lowest BCUT2D eigenvalue weighted by Crippen LogP contribution is -2.40. The highest BCUT2D eigenvalue weighted by Crippen LogP contribution is 2.92. The molecule has 0 heterocycles. The van der Waals surface area contributed by atoms with Crippen LogP contribution in [0.25, 0.3) is 0 Å². The second-order valence-electron chi connectivity index (χ2n) is 19.7. The Bertz CT molecular complexity index is 829. The van der Waals surface area contributed by atoms with Gasteiger partial charge in [0.2, 0.25) is 0 Å². The Hall–Kier alpha value is 1.72. The van der Waals surface area contributed by atoms with Crippen molar-refractivity contribution in [1.29, 1.82) is 0 Å². The van der Waals surface area contributed by atoms with Gasteiger partial charge in [0.25, 0.3) is 0 Å². The second kappa shape index (κ2) is 18.8. The molecule has 1 unspecified atom stereocenters. The summed E-state index contributed by atoms with van der Waals surface area (Å²) in [4.78, 5) is 0. The topological polar surface area (TPSA) is 0 Å². The highest BCUT2D eigenvalue weighted by Gasteiger charge is 2.61. The molecule has 50 heavy (non-hydrogen) atoms. The van der Waals surface area contributed by atoms with Gasteiger partial charge in [-0.05, 0) is 167 Å². The van der Waals surface area contributed by atoms with E-state index in [0.29, 0.717) is 0 Å². The summed E-state index contributed by atoms with van der Waals surface area (Å²) in [6.45, 7) is 2.87. The molecule has 8 saturated carbocycles. The van der Waals surface area contributed by atoms with Crippen LogP contribution in [0.5, 0.6) is 0 Å². The molecule has 0 N–H and O–H groups in total. The average Bonchev–Trinajstić information content (AvgIpc) is 3.97.